The van der Waals surface area contributed by atoms with E-state index in [1.54, 1.807) is 6.08 Å². The Kier molecular flexibility index (Phi) is 20.6. The first-order valence-corrected chi connectivity index (χ1v) is 9.26. The summed E-state index contributed by atoms with van der Waals surface area (Å²) < 4.78 is 6.50. The molecule has 5 nitrogen and oxygen atoms in total. The van der Waals surface area contributed by atoms with E-state index in [0.29, 0.717) is 5.88 Å². The number of nitrogens with zero attached hydrogens (tertiary/aromatic N) is 2. The Balaban J connectivity index is -0.000000321. The lowest BCUT2D eigenvalue weighted by atomic mass is 10.2. The Hall–Kier alpha value is -2.43. The number of nitrogens with two attached hydrogens (primary N) is 2. The minimum Gasteiger partial charge on any atom is -0.483 e. The first kappa shape index (κ1) is 28.4. The summed E-state index contributed by atoms with van der Waals surface area (Å²) in [7, 11) is 3.45. The minimum atomic E-state index is 0.370. The van der Waals surface area contributed by atoms with Crippen molar-refractivity contribution in [1.29, 1.82) is 0 Å². The van der Waals surface area contributed by atoms with Crippen LogP contribution in [0.1, 0.15) is 54.0 Å². The van der Waals surface area contributed by atoms with Crippen LogP contribution < -0.4 is 11.5 Å². The van der Waals surface area contributed by atoms with E-state index in [1.165, 1.54) is 24.3 Å². The lowest BCUT2D eigenvalue weighted by Crippen LogP contribution is -1.99. The molecular weight excluding hydrogens is 324 g/mol. The van der Waals surface area contributed by atoms with E-state index in [9.17, 15) is 0 Å². The average molecular weight is 365 g/mol. The van der Waals surface area contributed by atoms with Gasteiger partial charge in [-0.2, -0.15) is 5.10 Å². The van der Waals surface area contributed by atoms with Crippen LogP contribution in [0.25, 0.3) is 10.9 Å². The molecular formula is C21H40N4O. The van der Waals surface area contributed by atoms with Crippen molar-refractivity contribution in [2.45, 2.75) is 55.4 Å². The molecule has 0 aliphatic heterocycles. The number of allylic oxidation sites excluding steroid dienone is 2. The van der Waals surface area contributed by atoms with Gasteiger partial charge in [-0.05, 0) is 37.8 Å². The van der Waals surface area contributed by atoms with Gasteiger partial charge in [-0.3, -0.25) is 4.68 Å². The summed E-state index contributed by atoms with van der Waals surface area (Å²) in [4.78, 5) is 0. The highest BCUT2D eigenvalue weighted by Crippen LogP contribution is 2.12. The van der Waals surface area contributed by atoms with E-state index in [2.05, 4.69) is 28.9 Å². The van der Waals surface area contributed by atoms with Crippen LogP contribution in [0.15, 0.2) is 48.1 Å². The monoisotopic (exact) mass is 364 g/mol. The summed E-state index contributed by atoms with van der Waals surface area (Å²) >= 11 is 0. The fraction of sp³-hybridized carbons (Fsp3) is 0.476. The van der Waals surface area contributed by atoms with Crippen LogP contribution in [0.2, 0.25) is 0 Å². The smallest absolute Gasteiger partial charge is 0.183 e. The Morgan fingerprint density at radius 2 is 1.65 bits per heavy atom. The van der Waals surface area contributed by atoms with Crippen LogP contribution in [0.4, 0.5) is 0 Å². The lowest BCUT2D eigenvalue weighted by Gasteiger charge is -1.96. The Labute approximate surface area is 160 Å². The van der Waals surface area contributed by atoms with E-state index in [0.717, 1.165) is 11.1 Å². The van der Waals surface area contributed by atoms with Crippen molar-refractivity contribution in [1.82, 2.24) is 9.78 Å². The van der Waals surface area contributed by atoms with E-state index in [-0.39, 0.29) is 0 Å². The van der Waals surface area contributed by atoms with Gasteiger partial charge in [0.1, 0.15) is 0 Å². The third-order valence-corrected chi connectivity index (χ3v) is 2.64. The molecule has 0 spiro atoms. The molecule has 4 N–H and O–H groups in total. The van der Waals surface area contributed by atoms with Gasteiger partial charge in [0.15, 0.2) is 5.88 Å². The fourth-order valence-electron chi connectivity index (χ4n) is 1.60. The largest absolute Gasteiger partial charge is 0.483 e. The molecule has 0 radical (unpaired) electrons. The number of ether oxygens (including phenoxy) is 1. The number of aromatic nitrogens is 2. The quantitative estimate of drug-likeness (QED) is 0.563. The van der Waals surface area contributed by atoms with E-state index in [4.69, 9.17) is 11.5 Å². The molecule has 26 heavy (non-hydrogen) atoms. The van der Waals surface area contributed by atoms with Crippen LogP contribution in [-0.2, 0) is 11.8 Å². The molecule has 2 aromatic rings. The lowest BCUT2D eigenvalue weighted by molar-refractivity contribution is 0.287. The van der Waals surface area contributed by atoms with E-state index in [1.807, 2.05) is 72.5 Å². The molecule has 0 unspecified atom stereocenters. The zero-order valence-electron chi connectivity index (χ0n) is 18.4. The van der Waals surface area contributed by atoms with E-state index >= 15 is 0 Å². The predicted octanol–water partition coefficient (Wildman–Crippen LogP) is 5.26. The van der Waals surface area contributed by atoms with Crippen molar-refractivity contribution in [2.24, 2.45) is 18.5 Å². The number of aryl methyl sites for hydroxylation is 2. The van der Waals surface area contributed by atoms with Gasteiger partial charge in [0.25, 0.3) is 0 Å². The van der Waals surface area contributed by atoms with Crippen molar-refractivity contribution < 1.29 is 4.74 Å². The molecule has 0 bridgehead atoms. The number of fused-ring (bicyclic) bond motifs is 1. The minimum absolute atomic E-state index is 0.370. The zero-order chi connectivity index (χ0) is 21.1. The van der Waals surface area contributed by atoms with Crippen molar-refractivity contribution >= 4 is 10.9 Å². The standard InChI is InChI=1S/C9H10N2.C6H12N2O.3C2H6/c1-7-3-4-9-8(5-7)6-11(2)10-9;1-5(4-7)3-6(8)9-2;3*1-2/h3-6H,1-2H3;3-4H,7-8H2,1-2H3;3*1-2H3/b;5-4-,6-3+;;;. The molecule has 1 aromatic carbocycles. The second kappa shape index (κ2) is 18.9. The molecule has 0 aliphatic rings. The number of methoxy groups -OCH3 is 1. The summed E-state index contributed by atoms with van der Waals surface area (Å²) in [5, 5.41) is 5.49. The molecule has 0 atom stereocenters. The highest BCUT2D eigenvalue weighted by atomic mass is 16.5. The highest BCUT2D eigenvalue weighted by molar-refractivity contribution is 5.78. The van der Waals surface area contributed by atoms with Crippen LogP contribution in [0.5, 0.6) is 0 Å². The molecule has 1 aromatic heterocycles. The average Bonchev–Trinajstić information content (AvgIpc) is 3.06. The van der Waals surface area contributed by atoms with Crippen molar-refractivity contribution in [3.63, 3.8) is 0 Å². The van der Waals surface area contributed by atoms with Gasteiger partial charge < -0.3 is 16.2 Å². The van der Waals surface area contributed by atoms with Crippen LogP contribution in [0, 0.1) is 6.92 Å². The summed E-state index contributed by atoms with van der Waals surface area (Å²) in [6.45, 7) is 15.9. The predicted molar refractivity (Wildman–Crippen MR) is 117 cm³/mol. The van der Waals surface area contributed by atoms with Gasteiger partial charge >= 0.3 is 0 Å². The number of benzene rings is 1. The van der Waals surface area contributed by atoms with Crippen molar-refractivity contribution in [3.05, 3.63) is 53.7 Å². The van der Waals surface area contributed by atoms with Crippen molar-refractivity contribution in [3.8, 4) is 0 Å². The molecule has 0 amide bonds. The molecule has 150 valence electrons. The first-order valence-electron chi connectivity index (χ1n) is 9.26. The maximum Gasteiger partial charge on any atom is 0.183 e. The Bertz CT molecular complexity index is 628. The second-order valence-corrected chi connectivity index (χ2v) is 4.53. The van der Waals surface area contributed by atoms with Gasteiger partial charge in [0, 0.05) is 24.7 Å². The molecule has 1 heterocycles. The van der Waals surface area contributed by atoms with Gasteiger partial charge in [0.2, 0.25) is 0 Å². The Morgan fingerprint density at radius 1 is 1.12 bits per heavy atom. The highest BCUT2D eigenvalue weighted by Gasteiger charge is 1.96. The maximum absolute atomic E-state index is 5.29. The van der Waals surface area contributed by atoms with Crippen molar-refractivity contribution in [2.75, 3.05) is 7.11 Å². The fourth-order valence-corrected chi connectivity index (χ4v) is 1.60. The van der Waals surface area contributed by atoms with Gasteiger partial charge in [-0.1, -0.05) is 53.2 Å². The summed E-state index contributed by atoms with van der Waals surface area (Å²) in [5.41, 5.74) is 13.7. The third kappa shape index (κ3) is 12.9. The molecule has 5 heteroatoms. The first-order chi connectivity index (χ1) is 12.5. The van der Waals surface area contributed by atoms with Gasteiger partial charge in [-0.15, -0.1) is 0 Å². The van der Waals surface area contributed by atoms with E-state index < -0.39 is 0 Å². The van der Waals surface area contributed by atoms with Crippen LogP contribution >= 0.6 is 0 Å². The number of rotatable bonds is 2. The molecule has 0 saturated carbocycles. The van der Waals surface area contributed by atoms with Gasteiger partial charge in [0.05, 0.1) is 12.6 Å². The summed E-state index contributed by atoms with van der Waals surface area (Å²) in [5.74, 6) is 0.370. The molecule has 2 rings (SSSR count). The summed E-state index contributed by atoms with van der Waals surface area (Å²) in [6.07, 6.45) is 5.15. The zero-order valence-corrected chi connectivity index (χ0v) is 18.4. The normalized spacial score (nSPS) is 9.92. The SMILES string of the molecule is CC.CC.CC.CO/C(N)=C/C(C)=C\N.Cc1ccc2nn(C)cc2c1. The second-order valence-electron chi connectivity index (χ2n) is 4.53. The topological polar surface area (TPSA) is 79.1 Å². The molecule has 0 saturated heterocycles. The molecule has 0 aliphatic carbocycles. The summed E-state index contributed by atoms with van der Waals surface area (Å²) in [6, 6.07) is 6.27. The van der Waals surface area contributed by atoms with Gasteiger partial charge in [-0.25, -0.2) is 0 Å². The van der Waals surface area contributed by atoms with Crippen LogP contribution in [-0.4, -0.2) is 16.9 Å². The maximum atomic E-state index is 5.29. The number of hydrogen-bond donors (Lipinski definition) is 2. The number of hydrogen-bond acceptors (Lipinski definition) is 4. The molecule has 0 fully saturated rings. The van der Waals surface area contributed by atoms with Crippen LogP contribution in [0.3, 0.4) is 0 Å². The Morgan fingerprint density at radius 3 is 2.12 bits per heavy atom. The third-order valence-electron chi connectivity index (χ3n) is 2.64.